The molecule has 1 aliphatic heterocycles. The molecule has 0 saturated heterocycles. The molecule has 1 heterocycles. The Morgan fingerprint density at radius 2 is 2.20 bits per heavy atom. The molecule has 0 spiro atoms. The summed E-state index contributed by atoms with van der Waals surface area (Å²) in [5, 5.41) is 11.7. The van der Waals surface area contributed by atoms with Crippen LogP contribution in [0.1, 0.15) is 0 Å². The summed E-state index contributed by atoms with van der Waals surface area (Å²) in [4.78, 5) is 4.47. The zero-order valence-corrected chi connectivity index (χ0v) is 8.22. The Labute approximate surface area is 87.6 Å². The van der Waals surface area contributed by atoms with Gasteiger partial charge in [0.05, 0.1) is 11.9 Å². The van der Waals surface area contributed by atoms with E-state index in [0.717, 1.165) is 17.1 Å². The number of rotatable bonds is 0. The molecule has 0 aromatic heterocycles. The van der Waals surface area contributed by atoms with Crippen molar-refractivity contribution in [2.75, 3.05) is 6.54 Å². The molecule has 74 valence electrons. The predicted octanol–water partition coefficient (Wildman–Crippen LogP) is 0.918. The van der Waals surface area contributed by atoms with Gasteiger partial charge in [-0.15, -0.1) is 0 Å². The highest BCUT2D eigenvalue weighted by Crippen LogP contribution is 2.21. The number of phenols is 1. The van der Waals surface area contributed by atoms with Gasteiger partial charge in [-0.1, -0.05) is 30.4 Å². The summed E-state index contributed by atoms with van der Waals surface area (Å²) in [6.45, 7) is 0.784. The van der Waals surface area contributed by atoms with E-state index in [4.69, 9.17) is 0 Å². The summed E-state index contributed by atoms with van der Waals surface area (Å²) in [6.07, 6.45) is 8.24. The first-order valence-electron chi connectivity index (χ1n) is 5.08. The summed E-state index contributed by atoms with van der Waals surface area (Å²) in [7, 11) is 0. The highest BCUT2D eigenvalue weighted by atomic mass is 16.3. The monoisotopic (exact) mass is 197 g/mol. The van der Waals surface area contributed by atoms with E-state index in [1.165, 1.54) is 5.57 Å². The molecular weight excluding hydrogens is 186 g/mol. The average Bonchev–Trinajstić information content (AvgIpc) is 2.29. The first kappa shape index (κ1) is 8.48. The number of benzene rings is 1. The van der Waals surface area contributed by atoms with E-state index >= 15 is 0 Å². The van der Waals surface area contributed by atoms with Gasteiger partial charge in [0.1, 0.15) is 5.75 Å². The van der Waals surface area contributed by atoms with Crippen LogP contribution in [0.5, 0.6) is 5.75 Å². The maximum Gasteiger partial charge on any atom is 0.125 e. The lowest BCUT2D eigenvalue weighted by atomic mass is 9.90. The molecule has 0 bridgehead atoms. The molecule has 2 nitrogen and oxygen atoms in total. The third-order valence-corrected chi connectivity index (χ3v) is 2.90. The lowest BCUT2D eigenvalue weighted by Gasteiger charge is -2.18. The van der Waals surface area contributed by atoms with E-state index in [1.54, 1.807) is 6.07 Å². The molecule has 3 rings (SSSR count). The largest absolute Gasteiger partial charge is 0.507 e. The third-order valence-electron chi connectivity index (χ3n) is 2.90. The van der Waals surface area contributed by atoms with Gasteiger partial charge in [0.2, 0.25) is 0 Å². The quantitative estimate of drug-likeness (QED) is 0.659. The molecule has 0 amide bonds. The maximum absolute atomic E-state index is 9.86. The van der Waals surface area contributed by atoms with Gasteiger partial charge in [-0.25, -0.2) is 0 Å². The van der Waals surface area contributed by atoms with Gasteiger partial charge in [0, 0.05) is 11.1 Å². The summed E-state index contributed by atoms with van der Waals surface area (Å²) in [5.74, 6) is 0.659. The number of nitrogens with zero attached hydrogens (tertiary/aromatic N) is 1. The van der Waals surface area contributed by atoms with Gasteiger partial charge >= 0.3 is 0 Å². The second-order valence-corrected chi connectivity index (χ2v) is 3.82. The van der Waals surface area contributed by atoms with E-state index in [0.29, 0.717) is 11.7 Å². The number of hydrogen-bond acceptors (Lipinski definition) is 2. The lowest BCUT2D eigenvalue weighted by molar-refractivity contribution is 0.468. The number of aromatic hydroxyl groups is 1. The van der Waals surface area contributed by atoms with E-state index in [9.17, 15) is 5.11 Å². The Balaban J connectivity index is 2.45. The van der Waals surface area contributed by atoms with Crippen molar-refractivity contribution in [1.29, 1.82) is 0 Å². The number of fused-ring (bicyclic) bond motifs is 2. The second kappa shape index (κ2) is 3.09. The minimum absolute atomic E-state index is 0.329. The van der Waals surface area contributed by atoms with Gasteiger partial charge in [-0.3, -0.25) is 4.99 Å². The van der Waals surface area contributed by atoms with Crippen LogP contribution in [-0.2, 0) is 0 Å². The standard InChI is InChI=1S/C13H11NO/c15-12-7-3-6-11-13(12)10-5-2-1-4-9(10)8-14-11/h1-7,9,15H,8H2. The SMILES string of the molecule is Oc1cccc2c1=C1C=CC=CC1CN=2. The molecule has 0 saturated carbocycles. The molecule has 1 aliphatic carbocycles. The van der Waals surface area contributed by atoms with E-state index < -0.39 is 0 Å². The van der Waals surface area contributed by atoms with Crippen LogP contribution in [0.15, 0.2) is 47.5 Å². The van der Waals surface area contributed by atoms with Gasteiger partial charge in [0.15, 0.2) is 0 Å². The van der Waals surface area contributed by atoms with Gasteiger partial charge in [0.25, 0.3) is 0 Å². The van der Waals surface area contributed by atoms with Crippen molar-refractivity contribution in [3.05, 3.63) is 53.1 Å². The van der Waals surface area contributed by atoms with Gasteiger partial charge in [-0.2, -0.15) is 0 Å². The zero-order chi connectivity index (χ0) is 10.3. The van der Waals surface area contributed by atoms with E-state index in [2.05, 4.69) is 17.1 Å². The van der Waals surface area contributed by atoms with Crippen molar-refractivity contribution in [2.45, 2.75) is 0 Å². The molecule has 1 unspecified atom stereocenters. The summed E-state index contributed by atoms with van der Waals surface area (Å²) in [6, 6.07) is 5.50. The average molecular weight is 197 g/mol. The molecule has 1 atom stereocenters. The number of hydrogen-bond donors (Lipinski definition) is 1. The molecule has 0 fully saturated rings. The third kappa shape index (κ3) is 1.22. The molecular formula is C13H11NO. The van der Waals surface area contributed by atoms with Crippen LogP contribution in [0.2, 0.25) is 0 Å². The molecule has 1 N–H and O–H groups in total. The van der Waals surface area contributed by atoms with Crippen LogP contribution in [0.25, 0.3) is 5.57 Å². The van der Waals surface area contributed by atoms with Crippen molar-refractivity contribution in [1.82, 2.24) is 0 Å². The van der Waals surface area contributed by atoms with Crippen LogP contribution in [0.3, 0.4) is 0 Å². The molecule has 1 aromatic rings. The zero-order valence-electron chi connectivity index (χ0n) is 8.22. The van der Waals surface area contributed by atoms with Crippen molar-refractivity contribution in [3.63, 3.8) is 0 Å². The van der Waals surface area contributed by atoms with Crippen LogP contribution < -0.4 is 10.6 Å². The molecule has 2 aliphatic rings. The topological polar surface area (TPSA) is 32.6 Å². The highest BCUT2D eigenvalue weighted by molar-refractivity contribution is 5.66. The van der Waals surface area contributed by atoms with E-state index in [-0.39, 0.29) is 0 Å². The smallest absolute Gasteiger partial charge is 0.125 e. The summed E-state index contributed by atoms with van der Waals surface area (Å²) < 4.78 is 0. The van der Waals surface area contributed by atoms with Gasteiger partial charge in [-0.05, 0) is 17.7 Å². The minimum atomic E-state index is 0.329. The fraction of sp³-hybridized carbons (Fsp3) is 0.154. The normalized spacial score (nSPS) is 21.9. The fourth-order valence-electron chi connectivity index (χ4n) is 2.17. The van der Waals surface area contributed by atoms with Gasteiger partial charge < -0.3 is 5.11 Å². The maximum atomic E-state index is 9.86. The fourth-order valence-corrected chi connectivity index (χ4v) is 2.17. The highest BCUT2D eigenvalue weighted by Gasteiger charge is 2.16. The lowest BCUT2D eigenvalue weighted by Crippen LogP contribution is -2.34. The molecule has 15 heavy (non-hydrogen) atoms. The Hall–Kier alpha value is -1.83. The molecule has 1 aromatic carbocycles. The second-order valence-electron chi connectivity index (χ2n) is 3.82. The Morgan fingerprint density at radius 3 is 3.13 bits per heavy atom. The first-order chi connectivity index (χ1) is 7.36. The van der Waals surface area contributed by atoms with Crippen LogP contribution in [-0.4, -0.2) is 11.7 Å². The molecule has 0 radical (unpaired) electrons. The van der Waals surface area contributed by atoms with Crippen LogP contribution in [0, 0.1) is 5.92 Å². The van der Waals surface area contributed by atoms with Crippen molar-refractivity contribution >= 4 is 5.57 Å². The Kier molecular flexibility index (Phi) is 1.75. The minimum Gasteiger partial charge on any atom is -0.507 e. The van der Waals surface area contributed by atoms with Crippen molar-refractivity contribution in [2.24, 2.45) is 10.9 Å². The Bertz CT molecular complexity index is 581. The van der Waals surface area contributed by atoms with Crippen LogP contribution in [0.4, 0.5) is 0 Å². The number of phenolic OH excluding ortho intramolecular Hbond substituents is 1. The van der Waals surface area contributed by atoms with Crippen LogP contribution >= 0.6 is 0 Å². The van der Waals surface area contributed by atoms with Crippen molar-refractivity contribution in [3.8, 4) is 5.75 Å². The first-order valence-corrected chi connectivity index (χ1v) is 5.08. The van der Waals surface area contributed by atoms with E-state index in [1.807, 2.05) is 24.3 Å². The predicted molar refractivity (Wildman–Crippen MR) is 58.9 cm³/mol. The Morgan fingerprint density at radius 1 is 1.27 bits per heavy atom. The summed E-state index contributed by atoms with van der Waals surface area (Å²) in [5.41, 5.74) is 1.18. The molecule has 2 heteroatoms. The number of allylic oxidation sites excluding steroid dienone is 3. The summed E-state index contributed by atoms with van der Waals surface area (Å²) >= 11 is 0. The van der Waals surface area contributed by atoms with Crippen molar-refractivity contribution < 1.29 is 5.11 Å².